The highest BCUT2D eigenvalue weighted by molar-refractivity contribution is 6.30. The van der Waals surface area contributed by atoms with E-state index in [4.69, 9.17) is 22.1 Å². The van der Waals surface area contributed by atoms with E-state index in [9.17, 15) is 0 Å². The number of anilines is 1. The van der Waals surface area contributed by atoms with Crippen molar-refractivity contribution in [2.24, 2.45) is 0 Å². The molecule has 1 heterocycles. The third-order valence-corrected chi connectivity index (χ3v) is 2.41. The van der Waals surface area contributed by atoms with Gasteiger partial charge in [-0.25, -0.2) is 4.68 Å². The SMILES string of the molecule is CCOc1nc(N)n(Cc2cccc(Cl)c2)n1. The molecule has 0 bridgehead atoms. The summed E-state index contributed by atoms with van der Waals surface area (Å²) in [5.74, 6) is 0.327. The fourth-order valence-corrected chi connectivity index (χ4v) is 1.66. The first kappa shape index (κ1) is 11.7. The molecule has 0 saturated carbocycles. The van der Waals surface area contributed by atoms with Crippen LogP contribution >= 0.6 is 11.6 Å². The van der Waals surface area contributed by atoms with Crippen LogP contribution < -0.4 is 10.5 Å². The zero-order valence-electron chi connectivity index (χ0n) is 9.43. The van der Waals surface area contributed by atoms with Gasteiger partial charge in [0.05, 0.1) is 13.2 Å². The molecule has 0 aliphatic rings. The number of aromatic nitrogens is 3. The Balaban J connectivity index is 2.18. The number of nitrogens with two attached hydrogens (primary N) is 1. The van der Waals surface area contributed by atoms with Crippen molar-refractivity contribution < 1.29 is 4.74 Å². The number of nitrogen functional groups attached to an aromatic ring is 1. The summed E-state index contributed by atoms with van der Waals surface area (Å²) in [5.41, 5.74) is 6.75. The molecular weight excluding hydrogens is 240 g/mol. The van der Waals surface area contributed by atoms with Crippen molar-refractivity contribution in [2.45, 2.75) is 13.5 Å². The predicted octanol–water partition coefficient (Wildman–Crippen LogP) is 1.96. The third-order valence-electron chi connectivity index (χ3n) is 2.18. The maximum Gasteiger partial charge on any atom is 0.337 e. The van der Waals surface area contributed by atoms with Crippen LogP contribution in [0.1, 0.15) is 12.5 Å². The quantitative estimate of drug-likeness (QED) is 0.903. The van der Waals surface area contributed by atoms with Gasteiger partial charge in [-0.2, -0.15) is 4.98 Å². The Morgan fingerprint density at radius 1 is 1.47 bits per heavy atom. The van der Waals surface area contributed by atoms with Gasteiger partial charge in [0.25, 0.3) is 0 Å². The lowest BCUT2D eigenvalue weighted by Gasteiger charge is -2.02. The van der Waals surface area contributed by atoms with Crippen LogP contribution in [-0.2, 0) is 6.54 Å². The second-order valence-electron chi connectivity index (χ2n) is 3.47. The zero-order valence-corrected chi connectivity index (χ0v) is 10.2. The number of hydrogen-bond donors (Lipinski definition) is 1. The highest BCUT2D eigenvalue weighted by Gasteiger charge is 2.07. The van der Waals surface area contributed by atoms with Crippen molar-refractivity contribution >= 4 is 17.5 Å². The average molecular weight is 253 g/mol. The summed E-state index contributed by atoms with van der Waals surface area (Å²) in [6.45, 7) is 2.90. The van der Waals surface area contributed by atoms with E-state index in [-0.39, 0.29) is 0 Å². The normalized spacial score (nSPS) is 10.5. The Bertz CT molecular complexity index is 512. The second-order valence-corrected chi connectivity index (χ2v) is 3.91. The number of nitrogens with zero attached hydrogens (tertiary/aromatic N) is 3. The van der Waals surface area contributed by atoms with E-state index in [1.807, 2.05) is 31.2 Å². The molecule has 0 amide bonds. The maximum absolute atomic E-state index is 5.90. The molecule has 2 N–H and O–H groups in total. The minimum absolute atomic E-state index is 0.298. The van der Waals surface area contributed by atoms with Crippen LogP contribution in [0.4, 0.5) is 5.95 Å². The van der Waals surface area contributed by atoms with Crippen LogP contribution in [0.5, 0.6) is 6.01 Å². The molecule has 0 aliphatic carbocycles. The Labute approximate surface area is 104 Å². The van der Waals surface area contributed by atoms with Gasteiger partial charge in [-0.3, -0.25) is 0 Å². The Kier molecular flexibility index (Phi) is 3.49. The standard InChI is InChI=1S/C11H13ClN4O/c1-2-17-11-14-10(13)16(15-11)7-8-4-3-5-9(12)6-8/h3-6H,2,7H2,1H3,(H2,13,14,15). The van der Waals surface area contributed by atoms with Gasteiger partial charge in [0.15, 0.2) is 0 Å². The number of ether oxygens (including phenoxy) is 1. The van der Waals surface area contributed by atoms with Gasteiger partial charge in [-0.1, -0.05) is 23.7 Å². The molecule has 0 radical (unpaired) electrons. The molecule has 0 aliphatic heterocycles. The lowest BCUT2D eigenvalue weighted by molar-refractivity contribution is 0.311. The fraction of sp³-hybridized carbons (Fsp3) is 0.273. The van der Waals surface area contributed by atoms with Gasteiger partial charge >= 0.3 is 6.01 Å². The van der Waals surface area contributed by atoms with Crippen LogP contribution in [0.15, 0.2) is 24.3 Å². The number of halogens is 1. The molecule has 0 saturated heterocycles. The first-order valence-electron chi connectivity index (χ1n) is 5.26. The number of hydrogen-bond acceptors (Lipinski definition) is 4. The van der Waals surface area contributed by atoms with E-state index < -0.39 is 0 Å². The lowest BCUT2D eigenvalue weighted by atomic mass is 10.2. The molecule has 5 nitrogen and oxygen atoms in total. The van der Waals surface area contributed by atoms with Crippen LogP contribution in [0.2, 0.25) is 5.02 Å². The van der Waals surface area contributed by atoms with E-state index in [1.165, 1.54) is 0 Å². The van der Waals surface area contributed by atoms with Crippen molar-refractivity contribution in [3.63, 3.8) is 0 Å². The van der Waals surface area contributed by atoms with Crippen molar-refractivity contribution in [1.82, 2.24) is 14.8 Å². The molecule has 2 aromatic rings. The minimum Gasteiger partial charge on any atom is -0.463 e. The predicted molar refractivity (Wildman–Crippen MR) is 66.2 cm³/mol. The van der Waals surface area contributed by atoms with Crippen LogP contribution in [0.25, 0.3) is 0 Å². The largest absolute Gasteiger partial charge is 0.463 e. The minimum atomic E-state index is 0.298. The summed E-state index contributed by atoms with van der Waals surface area (Å²) < 4.78 is 6.76. The molecule has 0 fully saturated rings. The summed E-state index contributed by atoms with van der Waals surface area (Å²) >= 11 is 5.90. The van der Waals surface area contributed by atoms with Crippen LogP contribution in [-0.4, -0.2) is 21.4 Å². The fourth-order valence-electron chi connectivity index (χ4n) is 1.45. The molecule has 6 heteroatoms. The van der Waals surface area contributed by atoms with Gasteiger partial charge in [0, 0.05) is 5.02 Å². The van der Waals surface area contributed by atoms with Gasteiger partial charge in [-0.05, 0) is 24.6 Å². The lowest BCUT2D eigenvalue weighted by Crippen LogP contribution is -2.06. The molecule has 1 aromatic heterocycles. The van der Waals surface area contributed by atoms with Crippen molar-refractivity contribution in [1.29, 1.82) is 0 Å². The van der Waals surface area contributed by atoms with E-state index in [1.54, 1.807) is 4.68 Å². The first-order chi connectivity index (χ1) is 8.19. The van der Waals surface area contributed by atoms with Gasteiger partial charge in [0.2, 0.25) is 5.95 Å². The van der Waals surface area contributed by atoms with E-state index in [0.29, 0.717) is 30.1 Å². The Morgan fingerprint density at radius 3 is 3.00 bits per heavy atom. The topological polar surface area (TPSA) is 66.0 Å². The van der Waals surface area contributed by atoms with Crippen LogP contribution in [0.3, 0.4) is 0 Å². The highest BCUT2D eigenvalue weighted by Crippen LogP contribution is 2.14. The molecule has 0 atom stereocenters. The second kappa shape index (κ2) is 5.05. The van der Waals surface area contributed by atoms with Gasteiger partial charge in [0.1, 0.15) is 0 Å². The Morgan fingerprint density at radius 2 is 2.29 bits per heavy atom. The van der Waals surface area contributed by atoms with Gasteiger partial charge in [-0.15, -0.1) is 5.10 Å². The number of rotatable bonds is 4. The Hall–Kier alpha value is -1.75. The zero-order chi connectivity index (χ0) is 12.3. The summed E-state index contributed by atoms with van der Waals surface area (Å²) in [4.78, 5) is 3.99. The average Bonchev–Trinajstić information content (AvgIpc) is 2.60. The molecule has 2 rings (SSSR count). The molecule has 17 heavy (non-hydrogen) atoms. The van der Waals surface area contributed by atoms with E-state index >= 15 is 0 Å². The summed E-state index contributed by atoms with van der Waals surface area (Å²) in [6.07, 6.45) is 0. The maximum atomic E-state index is 5.90. The van der Waals surface area contributed by atoms with Crippen molar-refractivity contribution in [3.05, 3.63) is 34.9 Å². The van der Waals surface area contributed by atoms with Gasteiger partial charge < -0.3 is 10.5 Å². The monoisotopic (exact) mass is 252 g/mol. The van der Waals surface area contributed by atoms with E-state index in [0.717, 1.165) is 5.56 Å². The van der Waals surface area contributed by atoms with Crippen molar-refractivity contribution in [2.75, 3.05) is 12.3 Å². The molecule has 90 valence electrons. The molecular formula is C11H13ClN4O. The highest BCUT2D eigenvalue weighted by atomic mass is 35.5. The molecule has 0 unspecified atom stereocenters. The smallest absolute Gasteiger partial charge is 0.337 e. The first-order valence-corrected chi connectivity index (χ1v) is 5.64. The number of benzene rings is 1. The summed E-state index contributed by atoms with van der Waals surface area (Å²) in [7, 11) is 0. The summed E-state index contributed by atoms with van der Waals surface area (Å²) in [5, 5.41) is 4.83. The van der Waals surface area contributed by atoms with E-state index in [2.05, 4.69) is 10.1 Å². The van der Waals surface area contributed by atoms with Crippen molar-refractivity contribution in [3.8, 4) is 6.01 Å². The van der Waals surface area contributed by atoms with Crippen LogP contribution in [0, 0.1) is 0 Å². The summed E-state index contributed by atoms with van der Waals surface area (Å²) in [6, 6.07) is 7.82. The third kappa shape index (κ3) is 2.88. The molecule has 1 aromatic carbocycles. The molecule has 0 spiro atoms.